The molecule has 0 spiro atoms. The predicted molar refractivity (Wildman–Crippen MR) is 292 cm³/mol. The molecule has 0 aromatic rings. The maximum Gasteiger partial charge on any atom is 0.397 e. The SMILES string of the molecule is CCCCCCCCCCCCCC/C=C\CCCCCCCCCCCCCCC(=O)NC(COC1OC(CO)C(O)C(OS(=O)(=O)O)C1O)C(O)/C=C/CCCCCCCCCCCCCCCC. The molecule has 0 aromatic carbocycles. The van der Waals surface area contributed by atoms with E-state index in [2.05, 4.69) is 35.5 Å². The molecule has 6 N–H and O–H groups in total. The Morgan fingerprint density at radius 2 is 0.901 bits per heavy atom. The van der Waals surface area contributed by atoms with E-state index in [4.69, 9.17) is 9.47 Å². The minimum Gasteiger partial charge on any atom is -0.394 e. The molecule has 1 rings (SSSR count). The maximum atomic E-state index is 13.1. The molecule has 1 heterocycles. The van der Waals surface area contributed by atoms with Gasteiger partial charge in [0.25, 0.3) is 0 Å². The molecule has 12 nitrogen and oxygen atoms in total. The average molecular weight is 1030 g/mol. The summed E-state index contributed by atoms with van der Waals surface area (Å²) < 4.78 is 47.8. The predicted octanol–water partition coefficient (Wildman–Crippen LogP) is 14.0. The van der Waals surface area contributed by atoms with Crippen molar-refractivity contribution < 1.29 is 51.8 Å². The molecule has 0 radical (unpaired) electrons. The highest BCUT2D eigenvalue weighted by molar-refractivity contribution is 7.80. The van der Waals surface area contributed by atoms with Crippen molar-refractivity contribution in [3.05, 3.63) is 24.3 Å². The quantitative estimate of drug-likeness (QED) is 0.0193. The number of ether oxygens (including phenoxy) is 2. The molecule has 0 saturated carbocycles. The summed E-state index contributed by atoms with van der Waals surface area (Å²) in [6.45, 7) is 3.43. The van der Waals surface area contributed by atoms with Gasteiger partial charge in [-0.2, -0.15) is 8.42 Å². The first-order valence-corrected chi connectivity index (χ1v) is 31.1. The summed E-state index contributed by atoms with van der Waals surface area (Å²) >= 11 is 0. The standard InChI is InChI=1S/C58H111NO11S/c1-3-5-7-9-11-13-15-17-19-21-22-23-24-25-26-27-28-29-30-31-32-34-36-38-40-42-44-46-48-54(62)59-51(50-68-58-56(64)57(70-71(65,66)67)55(63)53(49-60)69-58)52(61)47-45-43-41-39-37-35-33-20-18-16-14-12-10-8-6-4-2/h25-26,45,47,51-53,55-58,60-61,63-64H,3-24,27-44,46,48-50H2,1-2H3,(H,59,62)(H,65,66,67)/b26-25-,47-45+. The summed E-state index contributed by atoms with van der Waals surface area (Å²) in [4.78, 5) is 13.1. The lowest BCUT2D eigenvalue weighted by Gasteiger charge is -2.41. The van der Waals surface area contributed by atoms with Crippen LogP contribution in [-0.2, 0) is 28.9 Å². The van der Waals surface area contributed by atoms with Gasteiger partial charge in [-0.05, 0) is 44.9 Å². The second-order valence-corrected chi connectivity index (χ2v) is 22.0. The third-order valence-electron chi connectivity index (χ3n) is 14.2. The van der Waals surface area contributed by atoms with E-state index in [0.29, 0.717) is 6.42 Å². The number of carbonyl (C=O) groups excluding carboxylic acids is 1. The molecule has 13 heteroatoms. The van der Waals surface area contributed by atoms with E-state index in [9.17, 15) is 38.2 Å². The van der Waals surface area contributed by atoms with Crippen molar-refractivity contribution in [3.8, 4) is 0 Å². The first-order valence-electron chi connectivity index (χ1n) is 29.7. The van der Waals surface area contributed by atoms with Crippen LogP contribution in [0.2, 0.25) is 0 Å². The molecule has 1 aliphatic rings. The first-order chi connectivity index (χ1) is 34.5. The van der Waals surface area contributed by atoms with Crippen LogP contribution in [0.15, 0.2) is 24.3 Å². The second kappa shape index (κ2) is 48.2. The van der Waals surface area contributed by atoms with Crippen molar-refractivity contribution in [2.24, 2.45) is 0 Å². The third kappa shape index (κ3) is 40.6. The Bertz CT molecular complexity index is 1350. The molecule has 0 bridgehead atoms. The van der Waals surface area contributed by atoms with E-state index in [1.807, 2.05) is 6.08 Å². The fraction of sp³-hybridized carbons (Fsp3) is 0.914. The molecule has 71 heavy (non-hydrogen) atoms. The van der Waals surface area contributed by atoms with Gasteiger partial charge in [0.15, 0.2) is 6.29 Å². The van der Waals surface area contributed by atoms with Crippen LogP contribution in [0.25, 0.3) is 0 Å². The van der Waals surface area contributed by atoms with Crippen molar-refractivity contribution in [3.63, 3.8) is 0 Å². The van der Waals surface area contributed by atoms with Gasteiger partial charge in [-0.1, -0.05) is 256 Å². The lowest BCUT2D eigenvalue weighted by molar-refractivity contribution is -0.298. The molecule has 420 valence electrons. The molecule has 0 aromatic heterocycles. The van der Waals surface area contributed by atoms with Gasteiger partial charge in [-0.15, -0.1) is 0 Å². The zero-order valence-corrected chi connectivity index (χ0v) is 46.4. The molecule has 7 unspecified atom stereocenters. The zero-order chi connectivity index (χ0) is 51.9. The Labute approximate surface area is 435 Å². The van der Waals surface area contributed by atoms with Crippen LogP contribution in [0.3, 0.4) is 0 Å². The largest absolute Gasteiger partial charge is 0.397 e. The van der Waals surface area contributed by atoms with Gasteiger partial charge >= 0.3 is 10.4 Å². The van der Waals surface area contributed by atoms with E-state index >= 15 is 0 Å². The van der Waals surface area contributed by atoms with E-state index in [0.717, 1.165) is 38.5 Å². The highest BCUT2D eigenvalue weighted by Crippen LogP contribution is 2.26. The number of aliphatic hydroxyl groups excluding tert-OH is 4. The monoisotopic (exact) mass is 1030 g/mol. The summed E-state index contributed by atoms with van der Waals surface area (Å²) in [5.41, 5.74) is 0. The first kappa shape index (κ1) is 67.6. The van der Waals surface area contributed by atoms with Crippen LogP contribution in [0, 0.1) is 0 Å². The lowest BCUT2D eigenvalue weighted by Crippen LogP contribution is -2.61. The summed E-state index contributed by atoms with van der Waals surface area (Å²) in [6, 6.07) is -0.943. The van der Waals surface area contributed by atoms with Gasteiger partial charge in [-0.3, -0.25) is 9.35 Å². The van der Waals surface area contributed by atoms with Gasteiger partial charge < -0.3 is 35.2 Å². The number of hydrogen-bond acceptors (Lipinski definition) is 10. The zero-order valence-electron chi connectivity index (χ0n) is 45.6. The van der Waals surface area contributed by atoms with Crippen molar-refractivity contribution >= 4 is 16.3 Å². The molecule has 1 amide bonds. The number of carbonyl (C=O) groups is 1. The minimum atomic E-state index is -5.09. The Kier molecular flexibility index (Phi) is 45.9. The number of nitrogens with one attached hydrogen (secondary N) is 1. The Morgan fingerprint density at radius 3 is 1.27 bits per heavy atom. The molecule has 1 fully saturated rings. The van der Waals surface area contributed by atoms with Gasteiger partial charge in [0, 0.05) is 6.42 Å². The Morgan fingerprint density at radius 1 is 0.549 bits per heavy atom. The van der Waals surface area contributed by atoms with E-state index < -0.39 is 59.9 Å². The number of aliphatic hydroxyl groups is 4. The van der Waals surface area contributed by atoms with Gasteiger partial charge in [0.05, 0.1) is 25.4 Å². The number of amides is 1. The van der Waals surface area contributed by atoms with Crippen molar-refractivity contribution in [2.45, 2.75) is 326 Å². The van der Waals surface area contributed by atoms with Crippen LogP contribution in [0.5, 0.6) is 0 Å². The van der Waals surface area contributed by atoms with Crippen molar-refractivity contribution in [1.29, 1.82) is 0 Å². The molecule has 0 aliphatic carbocycles. The van der Waals surface area contributed by atoms with Gasteiger partial charge in [0.1, 0.15) is 24.4 Å². The van der Waals surface area contributed by atoms with Crippen LogP contribution in [-0.4, -0.2) is 95.4 Å². The molecule has 7 atom stereocenters. The number of allylic oxidation sites excluding steroid dienone is 3. The van der Waals surface area contributed by atoms with Crippen molar-refractivity contribution in [1.82, 2.24) is 5.32 Å². The minimum absolute atomic E-state index is 0.259. The number of unbranched alkanes of at least 4 members (excludes halogenated alkanes) is 38. The highest BCUT2D eigenvalue weighted by Gasteiger charge is 2.48. The lowest BCUT2D eigenvalue weighted by atomic mass is 9.99. The molecular formula is C58H111NO11S. The highest BCUT2D eigenvalue weighted by atomic mass is 32.3. The average Bonchev–Trinajstić information content (AvgIpc) is 3.34. The van der Waals surface area contributed by atoms with E-state index in [1.54, 1.807) is 6.08 Å². The summed E-state index contributed by atoms with van der Waals surface area (Å²) in [7, 11) is -5.09. The molecular weight excluding hydrogens is 919 g/mol. The smallest absolute Gasteiger partial charge is 0.394 e. The van der Waals surface area contributed by atoms with E-state index in [1.165, 1.54) is 218 Å². The number of rotatable bonds is 52. The third-order valence-corrected chi connectivity index (χ3v) is 14.7. The maximum absolute atomic E-state index is 13.1. The van der Waals surface area contributed by atoms with Crippen LogP contribution in [0.4, 0.5) is 0 Å². The number of hydrogen-bond donors (Lipinski definition) is 6. The second-order valence-electron chi connectivity index (χ2n) is 20.9. The normalized spacial score (nSPS) is 19.6. The molecule has 1 aliphatic heterocycles. The topological polar surface area (TPSA) is 192 Å². The Hall–Kier alpha value is -1.42. The van der Waals surface area contributed by atoms with E-state index in [-0.39, 0.29) is 18.9 Å². The fourth-order valence-corrected chi connectivity index (χ4v) is 10.1. The van der Waals surface area contributed by atoms with Gasteiger partial charge in [-0.25, -0.2) is 4.18 Å². The Balaban J connectivity index is 2.31. The fourth-order valence-electron chi connectivity index (χ4n) is 9.63. The summed E-state index contributed by atoms with van der Waals surface area (Å²) in [5, 5.41) is 44.9. The van der Waals surface area contributed by atoms with Crippen molar-refractivity contribution in [2.75, 3.05) is 13.2 Å². The van der Waals surface area contributed by atoms with Crippen LogP contribution in [0.1, 0.15) is 284 Å². The van der Waals surface area contributed by atoms with Gasteiger partial charge in [0.2, 0.25) is 5.91 Å². The summed E-state index contributed by atoms with van der Waals surface area (Å²) in [6.07, 6.45) is 50.9. The van der Waals surface area contributed by atoms with Crippen LogP contribution >= 0.6 is 0 Å². The summed E-state index contributed by atoms with van der Waals surface area (Å²) in [5.74, 6) is -0.259. The molecule has 1 saturated heterocycles. The van der Waals surface area contributed by atoms with Crippen LogP contribution < -0.4 is 5.32 Å².